The van der Waals surface area contributed by atoms with E-state index in [9.17, 15) is 18.0 Å². The molecule has 2 aromatic rings. The zero-order valence-electron chi connectivity index (χ0n) is 17.6. The maximum atomic E-state index is 13.2. The van der Waals surface area contributed by atoms with E-state index in [1.54, 1.807) is 24.8 Å². The molecule has 0 saturated heterocycles. The molecule has 160 valence electrons. The van der Waals surface area contributed by atoms with Gasteiger partial charge in [0.05, 0.1) is 15.8 Å². The van der Waals surface area contributed by atoms with Crippen LogP contribution in [0.3, 0.4) is 0 Å². The van der Waals surface area contributed by atoms with Gasteiger partial charge in [-0.05, 0) is 57.0 Å². The van der Waals surface area contributed by atoms with E-state index in [2.05, 4.69) is 5.32 Å². The molecule has 8 heteroatoms. The number of ether oxygens (including phenoxy) is 1. The number of nitrogens with one attached hydrogen (secondary N) is 1. The molecule has 1 unspecified atom stereocenters. The summed E-state index contributed by atoms with van der Waals surface area (Å²) in [4.78, 5) is 26.1. The van der Waals surface area contributed by atoms with Crippen LogP contribution < -0.4 is 15.0 Å². The van der Waals surface area contributed by atoms with Gasteiger partial charge >= 0.3 is 0 Å². The molecule has 1 aliphatic rings. The summed E-state index contributed by atoms with van der Waals surface area (Å²) in [6.45, 7) is 7.29. The fourth-order valence-corrected chi connectivity index (χ4v) is 5.08. The molecule has 0 bridgehead atoms. The number of aryl methyl sites for hydroxylation is 2. The number of carbonyl (C=O) groups is 2. The lowest BCUT2D eigenvalue weighted by Crippen LogP contribution is -2.35. The molecule has 2 amide bonds. The number of nitrogens with zero attached hydrogens (tertiary/aromatic N) is 1. The SMILES string of the molecule is CCN(C(=O)CC(C)S(=O)(=O)c1cc2c(cc1C)NC(=O)CO2)c1cccc(C)c1. The van der Waals surface area contributed by atoms with Gasteiger partial charge in [-0.3, -0.25) is 9.59 Å². The van der Waals surface area contributed by atoms with Gasteiger partial charge in [-0.2, -0.15) is 0 Å². The van der Waals surface area contributed by atoms with Crippen LogP contribution >= 0.6 is 0 Å². The lowest BCUT2D eigenvalue weighted by Gasteiger charge is -2.24. The van der Waals surface area contributed by atoms with Gasteiger partial charge in [-0.25, -0.2) is 8.42 Å². The number of amides is 2. The molecular weight excluding hydrogens is 404 g/mol. The summed E-state index contributed by atoms with van der Waals surface area (Å²) in [6.07, 6.45) is -0.141. The van der Waals surface area contributed by atoms with Gasteiger partial charge in [0.2, 0.25) is 5.91 Å². The molecule has 1 heterocycles. The number of benzene rings is 2. The first-order valence-electron chi connectivity index (χ1n) is 9.81. The molecule has 30 heavy (non-hydrogen) atoms. The predicted molar refractivity (Wildman–Crippen MR) is 116 cm³/mol. The van der Waals surface area contributed by atoms with Crippen molar-refractivity contribution in [2.45, 2.75) is 44.3 Å². The third-order valence-electron chi connectivity index (χ3n) is 5.14. The molecule has 1 N–H and O–H groups in total. The molecule has 1 aliphatic heterocycles. The van der Waals surface area contributed by atoms with E-state index in [0.717, 1.165) is 11.3 Å². The highest BCUT2D eigenvalue weighted by molar-refractivity contribution is 7.92. The first-order chi connectivity index (χ1) is 14.1. The molecule has 0 fully saturated rings. The molecule has 2 aromatic carbocycles. The monoisotopic (exact) mass is 430 g/mol. The van der Waals surface area contributed by atoms with Crippen molar-refractivity contribution >= 4 is 33.0 Å². The summed E-state index contributed by atoms with van der Waals surface area (Å²) in [7, 11) is -3.78. The Labute approximate surface area is 177 Å². The van der Waals surface area contributed by atoms with Crippen molar-refractivity contribution in [1.82, 2.24) is 0 Å². The number of fused-ring (bicyclic) bond motifs is 1. The lowest BCUT2D eigenvalue weighted by molar-refractivity contribution is -0.119. The van der Waals surface area contributed by atoms with Crippen molar-refractivity contribution in [3.8, 4) is 5.75 Å². The maximum Gasteiger partial charge on any atom is 0.262 e. The minimum absolute atomic E-state index is 0.108. The number of sulfone groups is 1. The van der Waals surface area contributed by atoms with Gasteiger partial charge in [-0.15, -0.1) is 0 Å². The third-order valence-corrected chi connectivity index (χ3v) is 7.42. The van der Waals surface area contributed by atoms with Crippen LogP contribution in [0.25, 0.3) is 0 Å². The van der Waals surface area contributed by atoms with E-state index < -0.39 is 15.1 Å². The zero-order valence-corrected chi connectivity index (χ0v) is 18.4. The minimum Gasteiger partial charge on any atom is -0.482 e. The summed E-state index contributed by atoms with van der Waals surface area (Å²) >= 11 is 0. The van der Waals surface area contributed by atoms with Crippen molar-refractivity contribution in [2.24, 2.45) is 0 Å². The maximum absolute atomic E-state index is 13.2. The Morgan fingerprint density at radius 3 is 2.63 bits per heavy atom. The third kappa shape index (κ3) is 4.33. The molecular formula is C22H26N2O5S. The number of hydrogen-bond donors (Lipinski definition) is 1. The van der Waals surface area contributed by atoms with Crippen LogP contribution in [0.1, 0.15) is 31.4 Å². The minimum atomic E-state index is -3.78. The van der Waals surface area contributed by atoms with Crippen molar-refractivity contribution in [3.05, 3.63) is 47.5 Å². The van der Waals surface area contributed by atoms with Crippen LogP contribution in [0.5, 0.6) is 5.75 Å². The zero-order chi connectivity index (χ0) is 22.1. The molecule has 1 atom stereocenters. The quantitative estimate of drug-likeness (QED) is 0.759. The average molecular weight is 431 g/mol. The van der Waals surface area contributed by atoms with Gasteiger partial charge < -0.3 is 15.0 Å². The Morgan fingerprint density at radius 1 is 1.23 bits per heavy atom. The van der Waals surface area contributed by atoms with Crippen LogP contribution in [-0.4, -0.2) is 38.6 Å². The second kappa shape index (κ2) is 8.47. The molecule has 7 nitrogen and oxygen atoms in total. The summed E-state index contributed by atoms with van der Waals surface area (Å²) in [5.41, 5.74) is 2.71. The molecule has 0 spiro atoms. The van der Waals surface area contributed by atoms with Crippen LogP contribution in [0.2, 0.25) is 0 Å². The van der Waals surface area contributed by atoms with E-state index in [1.165, 1.54) is 6.07 Å². The van der Waals surface area contributed by atoms with Crippen molar-refractivity contribution in [2.75, 3.05) is 23.4 Å². The van der Waals surface area contributed by atoms with Crippen LogP contribution in [0.4, 0.5) is 11.4 Å². The van der Waals surface area contributed by atoms with Gasteiger partial charge in [0.25, 0.3) is 5.91 Å². The van der Waals surface area contributed by atoms with E-state index >= 15 is 0 Å². The summed E-state index contributed by atoms with van der Waals surface area (Å²) in [5, 5.41) is 1.75. The first kappa shape index (κ1) is 21.8. The highest BCUT2D eigenvalue weighted by atomic mass is 32.2. The number of rotatable bonds is 6. The molecule has 0 saturated carbocycles. The Kier molecular flexibility index (Phi) is 6.17. The van der Waals surface area contributed by atoms with E-state index in [4.69, 9.17) is 4.74 Å². The highest BCUT2D eigenvalue weighted by Crippen LogP contribution is 2.34. The lowest BCUT2D eigenvalue weighted by atomic mass is 10.2. The average Bonchev–Trinajstić information content (AvgIpc) is 2.67. The Hall–Kier alpha value is -2.87. The van der Waals surface area contributed by atoms with E-state index in [0.29, 0.717) is 23.5 Å². The summed E-state index contributed by atoms with van der Waals surface area (Å²) < 4.78 is 31.8. The molecule has 3 rings (SSSR count). The Morgan fingerprint density at radius 2 is 1.97 bits per heavy atom. The van der Waals surface area contributed by atoms with Gasteiger partial charge in [-0.1, -0.05) is 12.1 Å². The van der Waals surface area contributed by atoms with Gasteiger partial charge in [0.15, 0.2) is 16.4 Å². The summed E-state index contributed by atoms with van der Waals surface area (Å²) in [5.74, 6) is -0.224. The standard InChI is InChI=1S/C22H26N2O5S/c1-5-24(17-8-6-7-14(2)9-17)22(26)11-16(4)30(27,28)20-12-19-18(10-15(20)3)23-21(25)13-29-19/h6-10,12,16H,5,11,13H2,1-4H3,(H,23,25). The number of anilines is 2. The van der Waals surface area contributed by atoms with Crippen LogP contribution in [0, 0.1) is 13.8 Å². The van der Waals surface area contributed by atoms with Crippen LogP contribution in [-0.2, 0) is 19.4 Å². The Balaban J connectivity index is 1.84. The molecule has 0 aromatic heterocycles. The van der Waals surface area contributed by atoms with E-state index in [-0.39, 0.29) is 29.7 Å². The molecule has 0 aliphatic carbocycles. The largest absolute Gasteiger partial charge is 0.482 e. The topological polar surface area (TPSA) is 92.8 Å². The smallest absolute Gasteiger partial charge is 0.262 e. The second-order valence-corrected chi connectivity index (χ2v) is 9.82. The van der Waals surface area contributed by atoms with Crippen molar-refractivity contribution in [3.63, 3.8) is 0 Å². The summed E-state index contributed by atoms with van der Waals surface area (Å²) in [6, 6.07) is 10.6. The van der Waals surface area contributed by atoms with E-state index in [1.807, 2.05) is 38.1 Å². The fraction of sp³-hybridized carbons (Fsp3) is 0.364. The number of hydrogen-bond acceptors (Lipinski definition) is 5. The fourth-order valence-electron chi connectivity index (χ4n) is 3.50. The number of carbonyl (C=O) groups excluding carboxylic acids is 2. The van der Waals surface area contributed by atoms with Gasteiger partial charge in [0.1, 0.15) is 5.75 Å². The van der Waals surface area contributed by atoms with Crippen LogP contribution in [0.15, 0.2) is 41.3 Å². The normalized spacial score (nSPS) is 14.3. The van der Waals surface area contributed by atoms with Gasteiger partial charge in [0, 0.05) is 24.7 Å². The molecule has 0 radical (unpaired) electrons. The van der Waals surface area contributed by atoms with Crippen molar-refractivity contribution in [1.29, 1.82) is 0 Å². The second-order valence-electron chi connectivity index (χ2n) is 7.49. The Bertz CT molecular complexity index is 1090. The predicted octanol–water partition coefficient (Wildman–Crippen LogP) is 3.24. The first-order valence-corrected chi connectivity index (χ1v) is 11.4. The highest BCUT2D eigenvalue weighted by Gasteiger charge is 2.31. The van der Waals surface area contributed by atoms with Crippen molar-refractivity contribution < 1.29 is 22.7 Å².